The summed E-state index contributed by atoms with van der Waals surface area (Å²) in [4.78, 5) is 31.6. The number of ketones is 1. The van der Waals surface area contributed by atoms with Crippen molar-refractivity contribution in [3.8, 4) is 11.5 Å². The molecule has 1 N–H and O–H groups in total. The Kier molecular flexibility index (Phi) is 6.44. The molecular weight excluding hydrogens is 424 g/mol. The second-order valence-corrected chi connectivity index (χ2v) is 7.31. The fourth-order valence-corrected chi connectivity index (χ4v) is 3.88. The number of benzene rings is 1. The Hall–Kier alpha value is -4.07. The maximum Gasteiger partial charge on any atom is 0.296 e. The lowest BCUT2D eigenvalue weighted by Crippen LogP contribution is -2.29. The Morgan fingerprint density at radius 2 is 1.85 bits per heavy atom. The molecule has 1 unspecified atom stereocenters. The van der Waals surface area contributed by atoms with Crippen LogP contribution in [0.25, 0.3) is 5.76 Å². The average molecular weight is 448 g/mol. The monoisotopic (exact) mass is 448 g/mol. The van der Waals surface area contributed by atoms with E-state index in [0.717, 1.165) is 0 Å². The third-order valence-electron chi connectivity index (χ3n) is 5.29. The summed E-state index contributed by atoms with van der Waals surface area (Å²) in [6, 6.07) is 11.0. The molecule has 3 aromatic rings. The molecule has 0 saturated carbocycles. The van der Waals surface area contributed by atoms with Crippen LogP contribution in [-0.4, -0.2) is 39.9 Å². The molecule has 0 bridgehead atoms. The zero-order valence-electron chi connectivity index (χ0n) is 18.4. The van der Waals surface area contributed by atoms with Crippen molar-refractivity contribution in [3.63, 3.8) is 0 Å². The fraction of sp³-hybridized carbons (Fsp3) is 0.240. The number of carbonyl (C=O) groups is 2. The van der Waals surface area contributed by atoms with Crippen molar-refractivity contribution in [2.75, 3.05) is 13.2 Å². The molecule has 3 heterocycles. The van der Waals surface area contributed by atoms with Crippen LogP contribution in [0.2, 0.25) is 0 Å². The van der Waals surface area contributed by atoms with E-state index in [1.54, 1.807) is 54.9 Å². The van der Waals surface area contributed by atoms with Crippen molar-refractivity contribution in [2.24, 2.45) is 0 Å². The van der Waals surface area contributed by atoms with Crippen LogP contribution >= 0.6 is 0 Å². The van der Waals surface area contributed by atoms with Crippen LogP contribution in [0.3, 0.4) is 0 Å². The number of aliphatic hydroxyl groups is 1. The minimum absolute atomic E-state index is 0.0251. The number of aromatic nitrogens is 1. The number of carbonyl (C=O) groups excluding carboxylic acids is 2. The molecule has 0 radical (unpaired) electrons. The van der Waals surface area contributed by atoms with Gasteiger partial charge in [-0.15, -0.1) is 0 Å². The molecule has 1 atom stereocenters. The first kappa shape index (κ1) is 22.1. The lowest BCUT2D eigenvalue weighted by atomic mass is 9.95. The van der Waals surface area contributed by atoms with Crippen molar-refractivity contribution in [2.45, 2.75) is 26.4 Å². The van der Waals surface area contributed by atoms with Crippen LogP contribution < -0.4 is 9.47 Å². The lowest BCUT2D eigenvalue weighted by molar-refractivity contribution is -0.140. The maximum absolute atomic E-state index is 13.2. The molecule has 4 rings (SSSR count). The van der Waals surface area contributed by atoms with E-state index in [9.17, 15) is 14.7 Å². The molecular formula is C25H24N2O6. The molecule has 0 spiro atoms. The first-order valence-electron chi connectivity index (χ1n) is 10.7. The number of hydrogen-bond acceptors (Lipinski definition) is 7. The highest BCUT2D eigenvalue weighted by Crippen LogP contribution is 2.42. The normalized spacial score (nSPS) is 17.4. The number of nitrogens with zero attached hydrogens (tertiary/aromatic N) is 2. The molecule has 170 valence electrons. The van der Waals surface area contributed by atoms with Gasteiger partial charge >= 0.3 is 0 Å². The molecule has 1 aliphatic heterocycles. The average Bonchev–Trinajstić information content (AvgIpc) is 3.42. The third-order valence-corrected chi connectivity index (χ3v) is 5.29. The first-order chi connectivity index (χ1) is 16.0. The Bertz CT molecular complexity index is 1170. The smallest absolute Gasteiger partial charge is 0.296 e. The Morgan fingerprint density at radius 1 is 1.09 bits per heavy atom. The van der Waals surface area contributed by atoms with E-state index >= 15 is 0 Å². The summed E-state index contributed by atoms with van der Waals surface area (Å²) in [5.41, 5.74) is 0.916. The molecule has 1 amide bonds. The van der Waals surface area contributed by atoms with Crippen molar-refractivity contribution in [1.82, 2.24) is 9.88 Å². The van der Waals surface area contributed by atoms with E-state index in [2.05, 4.69) is 4.98 Å². The lowest BCUT2D eigenvalue weighted by Gasteiger charge is -2.24. The van der Waals surface area contributed by atoms with E-state index in [0.29, 0.717) is 41.6 Å². The number of amides is 1. The van der Waals surface area contributed by atoms with Crippen LogP contribution in [0.1, 0.15) is 36.8 Å². The summed E-state index contributed by atoms with van der Waals surface area (Å²) in [6.45, 7) is 4.57. The standard InChI is InChI=1S/C25H24N2O6/c1-3-31-17-7-8-19(20(14-17)32-4-2)23(28)21-22(16-9-11-26-12-10-16)27(25(30)24(21)29)15-18-6-5-13-33-18/h5-14,22,28H,3-4,15H2,1-2H3/b23-21-. The van der Waals surface area contributed by atoms with E-state index in [-0.39, 0.29) is 17.9 Å². The molecule has 8 nitrogen and oxygen atoms in total. The minimum Gasteiger partial charge on any atom is -0.507 e. The molecule has 0 aliphatic carbocycles. The van der Waals surface area contributed by atoms with E-state index in [1.807, 2.05) is 13.8 Å². The van der Waals surface area contributed by atoms with Gasteiger partial charge in [0.1, 0.15) is 23.0 Å². The van der Waals surface area contributed by atoms with Crippen molar-refractivity contribution < 1.29 is 28.6 Å². The number of ether oxygens (including phenoxy) is 2. The predicted molar refractivity (Wildman–Crippen MR) is 120 cm³/mol. The second kappa shape index (κ2) is 9.60. The highest BCUT2D eigenvalue weighted by atomic mass is 16.5. The largest absolute Gasteiger partial charge is 0.507 e. The van der Waals surface area contributed by atoms with Crippen LogP contribution in [-0.2, 0) is 16.1 Å². The zero-order valence-corrected chi connectivity index (χ0v) is 18.4. The van der Waals surface area contributed by atoms with Gasteiger partial charge in [-0.3, -0.25) is 14.6 Å². The highest BCUT2D eigenvalue weighted by molar-refractivity contribution is 6.46. The van der Waals surface area contributed by atoms with Gasteiger partial charge in [-0.25, -0.2) is 0 Å². The number of furan rings is 1. The van der Waals surface area contributed by atoms with Crippen LogP contribution in [0, 0.1) is 0 Å². The van der Waals surface area contributed by atoms with Crippen molar-refractivity contribution >= 4 is 17.4 Å². The van der Waals surface area contributed by atoms with Gasteiger partial charge in [0.05, 0.1) is 43.2 Å². The van der Waals surface area contributed by atoms with Crippen molar-refractivity contribution in [3.05, 3.63) is 83.6 Å². The summed E-state index contributed by atoms with van der Waals surface area (Å²) in [5.74, 6) is -0.375. The molecule has 1 saturated heterocycles. The molecule has 1 aromatic carbocycles. The highest BCUT2D eigenvalue weighted by Gasteiger charge is 2.46. The Balaban J connectivity index is 1.86. The number of Topliss-reactive ketones (excluding diaryl/α,β-unsaturated/α-hetero) is 1. The summed E-state index contributed by atoms with van der Waals surface area (Å²) in [5, 5.41) is 11.3. The van der Waals surface area contributed by atoms with Gasteiger partial charge in [-0.2, -0.15) is 0 Å². The zero-order chi connectivity index (χ0) is 23.4. The van der Waals surface area contributed by atoms with E-state index < -0.39 is 17.7 Å². The van der Waals surface area contributed by atoms with Crippen LogP contribution in [0.4, 0.5) is 0 Å². The summed E-state index contributed by atoms with van der Waals surface area (Å²) in [7, 11) is 0. The van der Waals surface area contributed by atoms with E-state index in [4.69, 9.17) is 13.9 Å². The van der Waals surface area contributed by atoms with Gasteiger partial charge in [0.15, 0.2) is 0 Å². The van der Waals surface area contributed by atoms with Crippen LogP contribution in [0.15, 0.2) is 71.1 Å². The summed E-state index contributed by atoms with van der Waals surface area (Å²) >= 11 is 0. The van der Waals surface area contributed by atoms with Gasteiger partial charge in [-0.05, 0) is 55.8 Å². The van der Waals surface area contributed by atoms with Gasteiger partial charge in [0.25, 0.3) is 11.7 Å². The SMILES string of the molecule is CCOc1ccc(/C(O)=C2/C(=O)C(=O)N(Cc3ccco3)C2c2ccncc2)c(OCC)c1. The fourth-order valence-electron chi connectivity index (χ4n) is 3.88. The van der Waals surface area contributed by atoms with Gasteiger partial charge in [0.2, 0.25) is 0 Å². The van der Waals surface area contributed by atoms with Gasteiger partial charge in [0, 0.05) is 18.5 Å². The van der Waals surface area contributed by atoms with Gasteiger partial charge in [-0.1, -0.05) is 0 Å². The van der Waals surface area contributed by atoms with E-state index in [1.165, 1.54) is 11.2 Å². The number of hydrogen-bond donors (Lipinski definition) is 1. The summed E-state index contributed by atoms with van der Waals surface area (Å²) < 4.78 is 16.6. The third kappa shape index (κ3) is 4.32. The number of rotatable bonds is 8. The maximum atomic E-state index is 13.2. The van der Waals surface area contributed by atoms with Crippen LogP contribution in [0.5, 0.6) is 11.5 Å². The summed E-state index contributed by atoms with van der Waals surface area (Å²) in [6.07, 6.45) is 4.65. The minimum atomic E-state index is -0.820. The molecule has 1 fully saturated rings. The number of pyridine rings is 1. The molecule has 2 aromatic heterocycles. The van der Waals surface area contributed by atoms with Gasteiger partial charge < -0.3 is 23.9 Å². The molecule has 1 aliphatic rings. The predicted octanol–water partition coefficient (Wildman–Crippen LogP) is 4.09. The molecule has 8 heteroatoms. The Labute approximate surface area is 191 Å². The first-order valence-corrected chi connectivity index (χ1v) is 10.7. The number of aliphatic hydroxyl groups excluding tert-OH is 1. The topological polar surface area (TPSA) is 102 Å². The number of likely N-dealkylation sites (tertiary alicyclic amines) is 1. The van der Waals surface area contributed by atoms with Crippen molar-refractivity contribution in [1.29, 1.82) is 0 Å². The molecule has 33 heavy (non-hydrogen) atoms. The Morgan fingerprint density at radius 3 is 2.52 bits per heavy atom. The second-order valence-electron chi connectivity index (χ2n) is 7.31. The quantitative estimate of drug-likeness (QED) is 0.314.